The topological polar surface area (TPSA) is 85.6 Å². The van der Waals surface area contributed by atoms with E-state index in [0.717, 1.165) is 16.5 Å². The van der Waals surface area contributed by atoms with E-state index in [-0.39, 0.29) is 11.7 Å². The Balaban J connectivity index is 1.36. The average Bonchev–Trinajstić information content (AvgIpc) is 3.34. The van der Waals surface area contributed by atoms with E-state index < -0.39 is 0 Å². The van der Waals surface area contributed by atoms with Gasteiger partial charge in [-0.05, 0) is 31.9 Å². The molecule has 0 unspecified atom stereocenters. The Hall–Kier alpha value is -2.26. The fourth-order valence-corrected chi connectivity index (χ4v) is 5.12. The van der Waals surface area contributed by atoms with Crippen LogP contribution in [0.1, 0.15) is 48.9 Å². The highest BCUT2D eigenvalue weighted by molar-refractivity contribution is 7.99. The average molecular weight is 415 g/mol. The quantitative estimate of drug-likeness (QED) is 0.608. The number of amides is 1. The minimum atomic E-state index is -0.114. The fraction of sp³-hybridized carbons (Fsp3) is 0.421. The molecular weight excluding hydrogens is 392 g/mol. The van der Waals surface area contributed by atoms with Gasteiger partial charge in [0.1, 0.15) is 10.8 Å². The lowest BCUT2D eigenvalue weighted by molar-refractivity contribution is -0.113. The van der Waals surface area contributed by atoms with E-state index in [4.69, 9.17) is 0 Å². The van der Waals surface area contributed by atoms with Crippen LogP contribution in [0.3, 0.4) is 0 Å². The van der Waals surface area contributed by atoms with Crippen molar-refractivity contribution in [3.05, 3.63) is 41.2 Å². The molecule has 7 nitrogen and oxygen atoms in total. The van der Waals surface area contributed by atoms with Gasteiger partial charge >= 0.3 is 0 Å². The number of hydrogen-bond acceptors (Lipinski definition) is 7. The second-order valence-electron chi connectivity index (χ2n) is 6.82. The van der Waals surface area contributed by atoms with Crippen molar-refractivity contribution in [3.8, 4) is 5.69 Å². The van der Waals surface area contributed by atoms with Gasteiger partial charge in [0, 0.05) is 11.6 Å². The maximum Gasteiger partial charge on any atom is 0.236 e. The summed E-state index contributed by atoms with van der Waals surface area (Å²) in [6.45, 7) is 1.90. The lowest BCUT2D eigenvalue weighted by Gasteiger charge is -2.18. The van der Waals surface area contributed by atoms with Crippen LogP contribution >= 0.6 is 23.1 Å². The van der Waals surface area contributed by atoms with Crippen LogP contribution in [0.15, 0.2) is 35.5 Å². The van der Waals surface area contributed by atoms with Gasteiger partial charge in [-0.2, -0.15) is 0 Å². The third-order valence-corrected chi connectivity index (χ3v) is 6.71. The summed E-state index contributed by atoms with van der Waals surface area (Å²) >= 11 is 2.86. The molecule has 0 atom stereocenters. The molecule has 4 rings (SSSR count). The Kier molecular flexibility index (Phi) is 6.01. The Morgan fingerprint density at radius 2 is 1.93 bits per heavy atom. The molecule has 3 aromatic rings. The van der Waals surface area contributed by atoms with Gasteiger partial charge in [0.15, 0.2) is 5.16 Å². The monoisotopic (exact) mass is 414 g/mol. The van der Waals surface area contributed by atoms with Crippen molar-refractivity contribution in [3.63, 3.8) is 0 Å². The van der Waals surface area contributed by atoms with E-state index in [1.165, 1.54) is 55.2 Å². The van der Waals surface area contributed by atoms with Gasteiger partial charge in [-0.25, -0.2) is 0 Å². The van der Waals surface area contributed by atoms with Crippen LogP contribution in [-0.2, 0) is 4.79 Å². The molecule has 0 bridgehead atoms. The summed E-state index contributed by atoms with van der Waals surface area (Å²) in [5.41, 5.74) is 0.981. The van der Waals surface area contributed by atoms with E-state index in [2.05, 4.69) is 25.7 Å². The van der Waals surface area contributed by atoms with Crippen LogP contribution in [0, 0.1) is 6.92 Å². The molecular formula is C19H22N6OS2. The minimum absolute atomic E-state index is 0.114. The van der Waals surface area contributed by atoms with Gasteiger partial charge in [0.25, 0.3) is 0 Å². The Morgan fingerprint density at radius 1 is 1.14 bits per heavy atom. The number of nitrogens with one attached hydrogen (secondary N) is 1. The summed E-state index contributed by atoms with van der Waals surface area (Å²) in [4.78, 5) is 12.4. The number of hydrogen-bond donors (Lipinski definition) is 1. The lowest BCUT2D eigenvalue weighted by Crippen LogP contribution is -2.14. The van der Waals surface area contributed by atoms with Crippen LogP contribution in [0.4, 0.5) is 5.13 Å². The van der Waals surface area contributed by atoms with Gasteiger partial charge in [-0.1, -0.05) is 60.6 Å². The molecule has 9 heteroatoms. The summed E-state index contributed by atoms with van der Waals surface area (Å²) in [6, 6.07) is 9.89. The molecule has 0 spiro atoms. The van der Waals surface area contributed by atoms with Crippen molar-refractivity contribution in [1.29, 1.82) is 0 Å². The van der Waals surface area contributed by atoms with Crippen LogP contribution in [0.5, 0.6) is 0 Å². The number of aryl methyl sites for hydroxylation is 1. The molecule has 146 valence electrons. The van der Waals surface area contributed by atoms with Crippen LogP contribution in [-0.4, -0.2) is 36.6 Å². The molecule has 0 radical (unpaired) electrons. The van der Waals surface area contributed by atoms with Crippen molar-refractivity contribution in [2.75, 3.05) is 11.1 Å². The molecule has 1 aromatic carbocycles. The largest absolute Gasteiger partial charge is 0.300 e. The number of rotatable bonds is 6. The normalized spacial score (nSPS) is 14.9. The first kappa shape index (κ1) is 19.1. The molecule has 1 saturated carbocycles. The number of anilines is 1. The van der Waals surface area contributed by atoms with Gasteiger partial charge in [0.2, 0.25) is 11.0 Å². The number of nitrogens with zero attached hydrogens (tertiary/aromatic N) is 5. The van der Waals surface area contributed by atoms with Gasteiger partial charge in [-0.3, -0.25) is 14.7 Å². The van der Waals surface area contributed by atoms with Crippen LogP contribution < -0.4 is 5.32 Å². The Morgan fingerprint density at radius 3 is 2.71 bits per heavy atom. The minimum Gasteiger partial charge on any atom is -0.300 e. The van der Waals surface area contributed by atoms with Crippen molar-refractivity contribution in [1.82, 2.24) is 25.0 Å². The van der Waals surface area contributed by atoms with E-state index in [9.17, 15) is 4.79 Å². The standard InChI is InChI=1S/C19H22N6OS2/c1-13-21-24-19(25(13)15-10-6-3-7-11-15)27-12-16(26)20-18-23-22-17(28-18)14-8-4-2-5-9-14/h3,6-7,10-11,14H,2,4-5,8-9,12H2,1H3,(H,20,23,26). The molecule has 1 fully saturated rings. The Bertz CT molecular complexity index is 933. The number of aromatic nitrogens is 5. The maximum atomic E-state index is 12.4. The predicted molar refractivity (Wildman–Crippen MR) is 111 cm³/mol. The summed E-state index contributed by atoms with van der Waals surface area (Å²) in [7, 11) is 0. The highest BCUT2D eigenvalue weighted by atomic mass is 32.2. The number of thioether (sulfide) groups is 1. The highest BCUT2D eigenvalue weighted by Crippen LogP contribution is 2.35. The number of carbonyl (C=O) groups is 1. The van der Waals surface area contributed by atoms with Crippen molar-refractivity contribution in [2.45, 2.75) is 50.1 Å². The SMILES string of the molecule is Cc1nnc(SCC(=O)Nc2nnc(C3CCCCC3)s2)n1-c1ccccc1. The summed E-state index contributed by atoms with van der Waals surface area (Å²) in [6.07, 6.45) is 6.16. The zero-order chi connectivity index (χ0) is 19.3. The smallest absolute Gasteiger partial charge is 0.236 e. The van der Waals surface area contributed by atoms with E-state index in [1.807, 2.05) is 41.8 Å². The van der Waals surface area contributed by atoms with Gasteiger partial charge in [-0.15, -0.1) is 20.4 Å². The number of benzene rings is 1. The van der Waals surface area contributed by atoms with Crippen molar-refractivity contribution >= 4 is 34.1 Å². The predicted octanol–water partition coefficient (Wildman–Crippen LogP) is 4.21. The molecule has 28 heavy (non-hydrogen) atoms. The molecule has 0 aliphatic heterocycles. The summed E-state index contributed by atoms with van der Waals surface area (Å²) in [5, 5.41) is 22.0. The van der Waals surface area contributed by atoms with E-state index >= 15 is 0 Å². The maximum absolute atomic E-state index is 12.4. The van der Waals surface area contributed by atoms with E-state index in [1.54, 1.807) is 0 Å². The fourth-order valence-electron chi connectivity index (χ4n) is 3.40. The second kappa shape index (κ2) is 8.83. The zero-order valence-electron chi connectivity index (χ0n) is 15.7. The van der Waals surface area contributed by atoms with E-state index in [0.29, 0.717) is 16.2 Å². The van der Waals surface area contributed by atoms with Crippen LogP contribution in [0.2, 0.25) is 0 Å². The Labute approximate surface area is 172 Å². The van der Waals surface area contributed by atoms with Crippen molar-refractivity contribution < 1.29 is 4.79 Å². The first-order chi connectivity index (χ1) is 13.7. The number of para-hydroxylation sites is 1. The molecule has 1 aliphatic rings. The molecule has 2 aromatic heterocycles. The third kappa shape index (κ3) is 4.41. The lowest BCUT2D eigenvalue weighted by atomic mass is 9.90. The van der Waals surface area contributed by atoms with Crippen molar-refractivity contribution in [2.24, 2.45) is 0 Å². The number of carbonyl (C=O) groups excluding carboxylic acids is 1. The second-order valence-corrected chi connectivity index (χ2v) is 8.77. The molecule has 0 saturated heterocycles. The first-order valence-corrected chi connectivity index (χ1v) is 11.2. The molecule has 1 N–H and O–H groups in total. The molecule has 1 amide bonds. The molecule has 2 heterocycles. The summed E-state index contributed by atoms with van der Waals surface area (Å²) in [5.74, 6) is 1.41. The van der Waals surface area contributed by atoms with Gasteiger partial charge in [0.05, 0.1) is 5.75 Å². The summed E-state index contributed by atoms with van der Waals surface area (Å²) < 4.78 is 1.95. The zero-order valence-corrected chi connectivity index (χ0v) is 17.3. The third-order valence-electron chi connectivity index (χ3n) is 4.78. The van der Waals surface area contributed by atoms with Gasteiger partial charge < -0.3 is 0 Å². The first-order valence-electron chi connectivity index (χ1n) is 9.44. The van der Waals surface area contributed by atoms with Crippen LogP contribution in [0.25, 0.3) is 5.69 Å². The molecule has 1 aliphatic carbocycles. The highest BCUT2D eigenvalue weighted by Gasteiger charge is 2.20.